The smallest absolute Gasteiger partial charge is 0.341 e. The highest BCUT2D eigenvalue weighted by molar-refractivity contribution is 5.86. The normalized spacial score (nSPS) is 23.2. The van der Waals surface area contributed by atoms with Crippen LogP contribution in [0.25, 0.3) is 33.5 Å². The van der Waals surface area contributed by atoms with Crippen LogP contribution in [0.5, 0.6) is 5.75 Å². The Balaban J connectivity index is 1.18. The van der Waals surface area contributed by atoms with Crippen molar-refractivity contribution < 1.29 is 19.4 Å². The van der Waals surface area contributed by atoms with Crippen LogP contribution in [0, 0.1) is 11.3 Å². The van der Waals surface area contributed by atoms with Crippen molar-refractivity contribution in [2.75, 3.05) is 32.9 Å². The summed E-state index contributed by atoms with van der Waals surface area (Å²) in [5, 5.41) is 9.30. The lowest BCUT2D eigenvalue weighted by Crippen LogP contribution is -2.50. The molecule has 4 aromatic carbocycles. The molecule has 1 N–H and O–H groups in total. The third-order valence-electron chi connectivity index (χ3n) is 12.7. The zero-order chi connectivity index (χ0) is 36.7. The summed E-state index contributed by atoms with van der Waals surface area (Å²) in [5.74, 6) is 1.49. The van der Waals surface area contributed by atoms with Gasteiger partial charge in [-0.15, -0.1) is 0 Å². The van der Waals surface area contributed by atoms with E-state index in [1.54, 1.807) is 11.1 Å². The largest absolute Gasteiger partial charge is 0.482 e. The van der Waals surface area contributed by atoms with Crippen molar-refractivity contribution in [2.45, 2.75) is 84.2 Å². The number of fused-ring (bicyclic) bond motifs is 4. The van der Waals surface area contributed by atoms with E-state index in [0.717, 1.165) is 73.8 Å². The van der Waals surface area contributed by atoms with Gasteiger partial charge in [0.05, 0.1) is 24.2 Å². The SMILES string of the molecule is CC(C)c1ccc2c(c1)CC[C@H]1[C@](C)(Cn3c(-c4cccc(OCC(=O)O)c4)nc4cc(-c5cccc(CN6CCOCC6)c5)ccc43)CCC[C@]21C. The number of nitrogens with zero attached hydrogens (tertiary/aromatic N) is 3. The van der Waals surface area contributed by atoms with Crippen molar-refractivity contribution in [3.63, 3.8) is 0 Å². The number of imidazole rings is 1. The summed E-state index contributed by atoms with van der Waals surface area (Å²) < 4.78 is 13.7. The summed E-state index contributed by atoms with van der Waals surface area (Å²) in [4.78, 5) is 19.2. The molecule has 5 aromatic rings. The summed E-state index contributed by atoms with van der Waals surface area (Å²) >= 11 is 0. The van der Waals surface area contributed by atoms with Gasteiger partial charge in [0.2, 0.25) is 0 Å². The van der Waals surface area contributed by atoms with E-state index in [1.165, 1.54) is 42.4 Å². The second-order valence-electron chi connectivity index (χ2n) is 16.6. The zero-order valence-electron chi connectivity index (χ0n) is 31.7. The van der Waals surface area contributed by atoms with Crippen LogP contribution < -0.4 is 4.74 Å². The number of carboxylic acid groups (broad SMARTS) is 1. The van der Waals surface area contributed by atoms with Crippen LogP contribution >= 0.6 is 0 Å². The molecule has 0 spiro atoms. The Morgan fingerprint density at radius 1 is 0.943 bits per heavy atom. The Morgan fingerprint density at radius 2 is 1.74 bits per heavy atom. The lowest BCUT2D eigenvalue weighted by molar-refractivity contribution is -0.139. The summed E-state index contributed by atoms with van der Waals surface area (Å²) in [5.41, 5.74) is 11.4. The number of morpholine rings is 1. The molecule has 2 fully saturated rings. The maximum atomic E-state index is 11.3. The van der Waals surface area contributed by atoms with Gasteiger partial charge in [0.25, 0.3) is 0 Å². The molecule has 53 heavy (non-hydrogen) atoms. The maximum absolute atomic E-state index is 11.3. The minimum atomic E-state index is -0.994. The van der Waals surface area contributed by atoms with Crippen molar-refractivity contribution in [1.82, 2.24) is 14.5 Å². The Bertz CT molecular complexity index is 2130. The molecule has 1 saturated heterocycles. The summed E-state index contributed by atoms with van der Waals surface area (Å²) in [7, 11) is 0. The number of hydrogen-bond donors (Lipinski definition) is 1. The van der Waals surface area contributed by atoms with E-state index in [1.807, 2.05) is 18.2 Å². The Morgan fingerprint density at radius 3 is 2.55 bits per heavy atom. The van der Waals surface area contributed by atoms with Gasteiger partial charge in [-0.3, -0.25) is 4.90 Å². The molecule has 0 unspecified atom stereocenters. The number of hydrogen-bond acceptors (Lipinski definition) is 5. The van der Waals surface area contributed by atoms with Crippen molar-refractivity contribution in [1.29, 1.82) is 0 Å². The minimum absolute atomic E-state index is 0.0493. The first-order valence-electron chi connectivity index (χ1n) is 19.6. The molecular formula is C46H53N3O4. The van der Waals surface area contributed by atoms with Gasteiger partial charge >= 0.3 is 5.97 Å². The van der Waals surface area contributed by atoms with Gasteiger partial charge in [-0.25, -0.2) is 9.78 Å². The average Bonchev–Trinajstić information content (AvgIpc) is 3.51. The quantitative estimate of drug-likeness (QED) is 0.156. The van der Waals surface area contributed by atoms with Crippen molar-refractivity contribution >= 4 is 17.0 Å². The Labute approximate surface area is 314 Å². The van der Waals surface area contributed by atoms with Crippen molar-refractivity contribution in [3.8, 4) is 28.3 Å². The number of aliphatic carboxylic acids is 1. The molecule has 3 aliphatic rings. The molecule has 1 aromatic heterocycles. The van der Waals surface area contributed by atoms with Crippen LogP contribution in [0.2, 0.25) is 0 Å². The first-order chi connectivity index (χ1) is 25.6. The van der Waals surface area contributed by atoms with Crippen LogP contribution in [-0.4, -0.2) is 58.4 Å². The van der Waals surface area contributed by atoms with E-state index in [9.17, 15) is 9.90 Å². The van der Waals surface area contributed by atoms with Gasteiger partial charge in [0.1, 0.15) is 11.6 Å². The zero-order valence-corrected chi connectivity index (χ0v) is 31.7. The van der Waals surface area contributed by atoms with Crippen LogP contribution in [0.1, 0.15) is 81.5 Å². The third kappa shape index (κ3) is 7.02. The van der Waals surface area contributed by atoms with E-state index in [0.29, 0.717) is 17.6 Å². The predicted molar refractivity (Wildman–Crippen MR) is 211 cm³/mol. The second kappa shape index (κ2) is 14.4. The fourth-order valence-corrected chi connectivity index (χ4v) is 9.98. The number of carbonyl (C=O) groups is 1. The van der Waals surface area contributed by atoms with E-state index in [4.69, 9.17) is 14.5 Å². The molecule has 2 heterocycles. The monoisotopic (exact) mass is 711 g/mol. The molecule has 0 radical (unpaired) electrons. The number of carboxylic acids is 1. The highest BCUT2D eigenvalue weighted by atomic mass is 16.5. The van der Waals surface area contributed by atoms with Crippen LogP contribution in [0.3, 0.4) is 0 Å². The molecule has 7 heteroatoms. The molecule has 7 nitrogen and oxygen atoms in total. The van der Waals surface area contributed by atoms with Gasteiger partial charge in [-0.05, 0) is 112 Å². The van der Waals surface area contributed by atoms with Crippen molar-refractivity contribution in [2.24, 2.45) is 11.3 Å². The number of rotatable bonds is 10. The lowest BCUT2D eigenvalue weighted by atomic mass is 9.49. The minimum Gasteiger partial charge on any atom is -0.482 e. The lowest BCUT2D eigenvalue weighted by Gasteiger charge is -2.56. The van der Waals surface area contributed by atoms with Crippen molar-refractivity contribution in [3.05, 3.63) is 107 Å². The van der Waals surface area contributed by atoms with Gasteiger partial charge in [0, 0.05) is 31.7 Å². The van der Waals surface area contributed by atoms with Gasteiger partial charge in [0.15, 0.2) is 6.61 Å². The predicted octanol–water partition coefficient (Wildman–Crippen LogP) is 9.50. The fraction of sp³-hybridized carbons (Fsp3) is 0.435. The molecule has 8 rings (SSSR count). The van der Waals surface area contributed by atoms with Crippen LogP contribution in [-0.2, 0) is 34.5 Å². The molecule has 2 aliphatic carbocycles. The molecule has 3 atom stereocenters. The van der Waals surface area contributed by atoms with E-state index in [2.05, 4.69) is 104 Å². The molecule has 0 bridgehead atoms. The first kappa shape index (κ1) is 35.6. The second-order valence-corrected chi connectivity index (χ2v) is 16.6. The maximum Gasteiger partial charge on any atom is 0.341 e. The van der Waals surface area contributed by atoms with E-state index < -0.39 is 5.97 Å². The average molecular weight is 712 g/mol. The summed E-state index contributed by atoms with van der Waals surface area (Å²) in [6.07, 6.45) is 5.89. The summed E-state index contributed by atoms with van der Waals surface area (Å²) in [6.45, 7) is 14.5. The number of benzene rings is 4. The Kier molecular flexibility index (Phi) is 9.67. The van der Waals surface area contributed by atoms with E-state index >= 15 is 0 Å². The number of aromatic nitrogens is 2. The van der Waals surface area contributed by atoms with Gasteiger partial charge in [-0.2, -0.15) is 0 Å². The first-order valence-corrected chi connectivity index (χ1v) is 19.6. The van der Waals surface area contributed by atoms with Crippen LogP contribution in [0.4, 0.5) is 0 Å². The standard InChI is InChI=1S/C46H53N3O4/c1-31(2)33-12-15-39-36(25-33)14-17-42-45(3,18-7-19-46(39,42)4)30-49-41-16-13-35(34-9-5-8-32(24-34)28-48-20-22-52-23-21-48)27-40(41)47-44(49)37-10-6-11-38(26-37)53-29-43(50)51/h5-6,8-13,15-16,24-27,31,42H,7,14,17-23,28-30H2,1-4H3,(H,50,51)/t42-,45-,46+/m0/s1. The molecule has 0 amide bonds. The fourth-order valence-electron chi connectivity index (χ4n) is 9.98. The Hall–Kier alpha value is -4.46. The van der Waals surface area contributed by atoms with Gasteiger partial charge in [-0.1, -0.05) is 88.7 Å². The third-order valence-corrected chi connectivity index (χ3v) is 12.7. The highest BCUT2D eigenvalue weighted by Gasteiger charge is 2.52. The van der Waals surface area contributed by atoms with Crippen LogP contribution in [0.15, 0.2) is 84.9 Å². The van der Waals surface area contributed by atoms with E-state index in [-0.39, 0.29) is 17.4 Å². The molecule has 1 saturated carbocycles. The summed E-state index contributed by atoms with van der Waals surface area (Å²) in [6, 6.07) is 30.7. The molecule has 1 aliphatic heterocycles. The molecule has 276 valence electrons. The number of aryl methyl sites for hydroxylation is 1. The highest BCUT2D eigenvalue weighted by Crippen LogP contribution is 2.58. The number of ether oxygens (including phenoxy) is 2. The van der Waals surface area contributed by atoms with Gasteiger partial charge < -0.3 is 19.1 Å². The molecular weight excluding hydrogens is 659 g/mol. The topological polar surface area (TPSA) is 76.8 Å².